The van der Waals surface area contributed by atoms with Gasteiger partial charge in [-0.3, -0.25) is 14.9 Å². The van der Waals surface area contributed by atoms with E-state index in [1.54, 1.807) is 27.0 Å². The SMILES string of the molecule is CCCCOc1ccc(C(=O)NNS(=O)(=O)c2c(C)nn(C)c2C)cc1OC. The predicted octanol–water partition coefficient (Wildman–Crippen LogP) is 1.85. The van der Waals surface area contributed by atoms with Crippen molar-refractivity contribution in [2.45, 2.75) is 38.5 Å². The summed E-state index contributed by atoms with van der Waals surface area (Å²) in [6, 6.07) is 4.65. The second-order valence-electron chi connectivity index (χ2n) is 6.25. The lowest BCUT2D eigenvalue weighted by Crippen LogP contribution is -2.41. The molecule has 0 unspecified atom stereocenters. The topological polar surface area (TPSA) is 112 Å². The molecule has 1 aromatic carbocycles. The van der Waals surface area contributed by atoms with E-state index in [0.717, 1.165) is 12.8 Å². The summed E-state index contributed by atoms with van der Waals surface area (Å²) in [4.78, 5) is 14.5. The molecule has 0 radical (unpaired) electrons. The summed E-state index contributed by atoms with van der Waals surface area (Å²) in [5, 5.41) is 4.08. The minimum absolute atomic E-state index is 0.0348. The Morgan fingerprint density at radius 2 is 1.96 bits per heavy atom. The van der Waals surface area contributed by atoms with Crippen molar-refractivity contribution in [1.29, 1.82) is 0 Å². The Bertz CT molecular complexity index is 953. The van der Waals surface area contributed by atoms with Crippen molar-refractivity contribution >= 4 is 15.9 Å². The number of sulfonamides is 1. The molecule has 0 fully saturated rings. The molecule has 10 heteroatoms. The van der Waals surface area contributed by atoms with Gasteiger partial charge in [0.05, 0.1) is 25.1 Å². The number of carbonyl (C=O) groups excluding carboxylic acids is 1. The summed E-state index contributed by atoms with van der Waals surface area (Å²) >= 11 is 0. The molecule has 0 aliphatic heterocycles. The molecule has 0 aliphatic carbocycles. The lowest BCUT2D eigenvalue weighted by Gasteiger charge is -2.13. The number of aryl methyl sites for hydroxylation is 2. The Morgan fingerprint density at radius 1 is 1.25 bits per heavy atom. The van der Waals surface area contributed by atoms with Gasteiger partial charge in [-0.15, -0.1) is 4.83 Å². The Hall–Kier alpha value is -2.59. The molecule has 28 heavy (non-hydrogen) atoms. The third-order valence-electron chi connectivity index (χ3n) is 4.19. The molecule has 0 aliphatic rings. The summed E-state index contributed by atoms with van der Waals surface area (Å²) in [6.45, 7) is 5.83. The van der Waals surface area contributed by atoms with Crippen LogP contribution < -0.4 is 19.7 Å². The molecule has 1 aromatic heterocycles. The normalized spacial score (nSPS) is 11.3. The van der Waals surface area contributed by atoms with E-state index in [-0.39, 0.29) is 10.5 Å². The highest BCUT2D eigenvalue weighted by Crippen LogP contribution is 2.28. The first-order valence-corrected chi connectivity index (χ1v) is 10.3. The number of nitrogens with one attached hydrogen (secondary N) is 2. The Kier molecular flexibility index (Phi) is 7.03. The van der Waals surface area contributed by atoms with E-state index in [1.807, 2.05) is 0 Å². The fourth-order valence-corrected chi connectivity index (χ4v) is 3.91. The number of hydrogen-bond donors (Lipinski definition) is 2. The number of amides is 1. The highest BCUT2D eigenvalue weighted by atomic mass is 32.2. The van der Waals surface area contributed by atoms with Crippen LogP contribution in [-0.4, -0.2) is 37.8 Å². The minimum Gasteiger partial charge on any atom is -0.493 e. The number of rotatable bonds is 9. The largest absolute Gasteiger partial charge is 0.493 e. The maximum Gasteiger partial charge on any atom is 0.266 e. The van der Waals surface area contributed by atoms with Crippen molar-refractivity contribution in [2.75, 3.05) is 13.7 Å². The van der Waals surface area contributed by atoms with E-state index >= 15 is 0 Å². The van der Waals surface area contributed by atoms with Crippen LogP contribution >= 0.6 is 0 Å². The second kappa shape index (κ2) is 9.07. The van der Waals surface area contributed by atoms with Gasteiger partial charge in [0, 0.05) is 12.6 Å². The summed E-state index contributed by atoms with van der Waals surface area (Å²) in [5.74, 6) is 0.293. The lowest BCUT2D eigenvalue weighted by atomic mass is 10.2. The van der Waals surface area contributed by atoms with E-state index in [9.17, 15) is 13.2 Å². The predicted molar refractivity (Wildman–Crippen MR) is 104 cm³/mol. The van der Waals surface area contributed by atoms with Gasteiger partial charge in [0.2, 0.25) is 0 Å². The van der Waals surface area contributed by atoms with Crippen LogP contribution in [0.15, 0.2) is 23.1 Å². The first-order valence-electron chi connectivity index (χ1n) is 8.84. The molecule has 1 amide bonds. The van der Waals surface area contributed by atoms with Crippen LogP contribution in [0.5, 0.6) is 11.5 Å². The van der Waals surface area contributed by atoms with Crippen molar-refractivity contribution in [3.63, 3.8) is 0 Å². The average molecular weight is 410 g/mol. The molecule has 0 spiro atoms. The fraction of sp³-hybridized carbons (Fsp3) is 0.444. The number of carbonyl (C=O) groups is 1. The van der Waals surface area contributed by atoms with E-state index in [4.69, 9.17) is 9.47 Å². The molecule has 0 atom stereocenters. The number of nitrogens with zero attached hydrogens (tertiary/aromatic N) is 2. The zero-order valence-electron chi connectivity index (χ0n) is 16.7. The van der Waals surface area contributed by atoms with E-state index < -0.39 is 15.9 Å². The van der Waals surface area contributed by atoms with Gasteiger partial charge >= 0.3 is 0 Å². The number of hydrazine groups is 1. The van der Waals surface area contributed by atoms with Crippen molar-refractivity contribution in [3.05, 3.63) is 35.2 Å². The highest BCUT2D eigenvalue weighted by molar-refractivity contribution is 7.89. The summed E-state index contributed by atoms with van der Waals surface area (Å²) in [5.41, 5.74) is 3.25. The molecular weight excluding hydrogens is 384 g/mol. The standard InChI is InChI=1S/C18H26N4O5S/c1-6-7-10-27-15-9-8-14(11-16(15)26-5)18(23)19-21-28(24,25)17-12(2)20-22(4)13(17)3/h8-9,11,21H,6-7,10H2,1-5H3,(H,19,23). The Balaban J connectivity index is 2.12. The number of methoxy groups -OCH3 is 1. The maximum atomic E-state index is 12.5. The van der Waals surface area contributed by atoms with Gasteiger partial charge in [-0.25, -0.2) is 8.42 Å². The first kappa shape index (κ1) is 21.7. The molecule has 1 heterocycles. The third kappa shape index (κ3) is 4.82. The van der Waals surface area contributed by atoms with Crippen molar-refractivity contribution in [1.82, 2.24) is 20.0 Å². The molecule has 154 valence electrons. The number of unbranched alkanes of at least 4 members (excludes halogenated alkanes) is 1. The van der Waals surface area contributed by atoms with Crippen LogP contribution in [0.2, 0.25) is 0 Å². The van der Waals surface area contributed by atoms with Crippen LogP contribution in [0, 0.1) is 13.8 Å². The number of aromatic nitrogens is 2. The summed E-state index contributed by atoms with van der Waals surface area (Å²) < 4.78 is 37.4. The van der Waals surface area contributed by atoms with Gasteiger partial charge in [-0.2, -0.15) is 5.10 Å². The van der Waals surface area contributed by atoms with Crippen LogP contribution in [0.4, 0.5) is 0 Å². The lowest BCUT2D eigenvalue weighted by molar-refractivity contribution is 0.0944. The molecule has 0 bridgehead atoms. The molecule has 0 saturated carbocycles. The highest BCUT2D eigenvalue weighted by Gasteiger charge is 2.24. The molecule has 2 N–H and O–H groups in total. The smallest absolute Gasteiger partial charge is 0.266 e. The Labute approximate surface area is 165 Å². The van der Waals surface area contributed by atoms with E-state index in [2.05, 4.69) is 22.3 Å². The van der Waals surface area contributed by atoms with Crippen LogP contribution in [0.1, 0.15) is 41.5 Å². The zero-order valence-corrected chi connectivity index (χ0v) is 17.5. The fourth-order valence-electron chi connectivity index (χ4n) is 2.63. The Morgan fingerprint density at radius 3 is 2.54 bits per heavy atom. The van der Waals surface area contributed by atoms with Gasteiger partial charge < -0.3 is 9.47 Å². The third-order valence-corrected chi connectivity index (χ3v) is 5.69. The quantitative estimate of drug-likeness (QED) is 0.482. The van der Waals surface area contributed by atoms with E-state index in [0.29, 0.717) is 29.5 Å². The summed E-state index contributed by atoms with van der Waals surface area (Å²) in [6.07, 6.45) is 1.90. The van der Waals surface area contributed by atoms with Crippen LogP contribution in [0.3, 0.4) is 0 Å². The molecular formula is C18H26N4O5S. The maximum absolute atomic E-state index is 12.5. The van der Waals surface area contributed by atoms with Crippen LogP contribution in [0.25, 0.3) is 0 Å². The van der Waals surface area contributed by atoms with Gasteiger partial charge in [0.15, 0.2) is 11.5 Å². The van der Waals surface area contributed by atoms with Gasteiger partial charge in [-0.1, -0.05) is 13.3 Å². The zero-order chi connectivity index (χ0) is 20.9. The minimum atomic E-state index is -3.96. The van der Waals surface area contributed by atoms with Gasteiger partial charge in [-0.05, 0) is 38.5 Å². The number of benzene rings is 1. The molecule has 2 rings (SSSR count). The first-order chi connectivity index (χ1) is 13.2. The monoisotopic (exact) mass is 410 g/mol. The average Bonchev–Trinajstić information content (AvgIpc) is 2.92. The summed E-state index contributed by atoms with van der Waals surface area (Å²) in [7, 11) is -0.842. The van der Waals surface area contributed by atoms with Crippen LogP contribution in [-0.2, 0) is 17.1 Å². The van der Waals surface area contributed by atoms with E-state index in [1.165, 1.54) is 23.9 Å². The van der Waals surface area contributed by atoms with Crippen molar-refractivity contribution < 1.29 is 22.7 Å². The molecule has 0 saturated heterocycles. The number of ether oxygens (including phenoxy) is 2. The van der Waals surface area contributed by atoms with Gasteiger partial charge in [0.1, 0.15) is 4.90 Å². The molecule has 2 aromatic rings. The van der Waals surface area contributed by atoms with Crippen molar-refractivity contribution in [2.24, 2.45) is 7.05 Å². The number of hydrogen-bond acceptors (Lipinski definition) is 6. The van der Waals surface area contributed by atoms with Gasteiger partial charge in [0.25, 0.3) is 15.9 Å². The van der Waals surface area contributed by atoms with Crippen molar-refractivity contribution in [3.8, 4) is 11.5 Å². The second-order valence-corrected chi connectivity index (χ2v) is 7.87. The molecule has 9 nitrogen and oxygen atoms in total.